The van der Waals surface area contributed by atoms with E-state index in [2.05, 4.69) is 15.0 Å². The zero-order valence-corrected chi connectivity index (χ0v) is 21.4. The molecule has 2 aromatic heterocycles. The number of likely N-dealkylation sites (tertiary alicyclic amines) is 1. The number of nitrogens with zero attached hydrogens (tertiary/aromatic N) is 3. The zero-order chi connectivity index (χ0) is 26.3. The fraction of sp³-hybridized carbons (Fsp3) is 0.393. The number of H-pyrrole nitrogens is 1. The van der Waals surface area contributed by atoms with E-state index in [1.807, 2.05) is 11.8 Å². The van der Waals surface area contributed by atoms with Gasteiger partial charge in [-0.3, -0.25) is 4.79 Å². The highest BCUT2D eigenvalue weighted by molar-refractivity contribution is 5.87. The van der Waals surface area contributed by atoms with Crippen molar-refractivity contribution in [3.8, 4) is 23.1 Å². The number of carbonyl (C=O) groups is 1. The molecular weight excluding hydrogens is 491 g/mol. The van der Waals surface area contributed by atoms with Crippen molar-refractivity contribution in [3.05, 3.63) is 48.2 Å². The summed E-state index contributed by atoms with van der Waals surface area (Å²) in [5, 5.41) is 0.988. The van der Waals surface area contributed by atoms with Gasteiger partial charge in [-0.1, -0.05) is 0 Å². The summed E-state index contributed by atoms with van der Waals surface area (Å²) in [5.74, 6) is 0.751. The molecule has 0 saturated carbocycles. The molecule has 198 valence electrons. The van der Waals surface area contributed by atoms with Gasteiger partial charge in [0.15, 0.2) is 23.1 Å². The largest absolute Gasteiger partial charge is 0.493 e. The molecule has 10 heteroatoms. The minimum absolute atomic E-state index is 0.0581. The Hall–Kier alpha value is -3.92. The van der Waals surface area contributed by atoms with Gasteiger partial charge in [0.25, 0.3) is 0 Å². The van der Waals surface area contributed by atoms with E-state index in [1.54, 1.807) is 30.3 Å². The number of rotatable bonds is 7. The summed E-state index contributed by atoms with van der Waals surface area (Å²) in [5.41, 5.74) is 2.38. The van der Waals surface area contributed by atoms with Crippen LogP contribution in [0.3, 0.4) is 0 Å². The second kappa shape index (κ2) is 9.75. The van der Waals surface area contributed by atoms with Crippen LogP contribution >= 0.6 is 0 Å². The van der Waals surface area contributed by atoms with Crippen molar-refractivity contribution >= 4 is 27.7 Å². The highest BCUT2D eigenvalue weighted by atomic mass is 19.1. The predicted molar refractivity (Wildman–Crippen MR) is 138 cm³/mol. The average molecular weight is 521 g/mol. The highest BCUT2D eigenvalue weighted by Gasteiger charge is 2.41. The Morgan fingerprint density at radius 1 is 1.11 bits per heavy atom. The van der Waals surface area contributed by atoms with E-state index >= 15 is 4.39 Å². The summed E-state index contributed by atoms with van der Waals surface area (Å²) in [6.45, 7) is 5.23. The fourth-order valence-electron chi connectivity index (χ4n) is 5.18. The van der Waals surface area contributed by atoms with Crippen LogP contribution in [-0.2, 0) is 9.53 Å². The summed E-state index contributed by atoms with van der Waals surface area (Å²) < 4.78 is 37.8. The molecule has 2 aliphatic heterocycles. The third kappa shape index (κ3) is 4.49. The van der Waals surface area contributed by atoms with Gasteiger partial charge in [0.2, 0.25) is 11.8 Å². The number of halogens is 1. The normalized spacial score (nSPS) is 16.6. The lowest BCUT2D eigenvalue weighted by Crippen LogP contribution is -2.52. The molecule has 0 unspecified atom stereocenters. The molecule has 1 amide bonds. The third-order valence-electron chi connectivity index (χ3n) is 7.49. The first-order valence-electron chi connectivity index (χ1n) is 12.7. The Bertz CT molecular complexity index is 1510. The number of aromatic nitrogens is 3. The lowest BCUT2D eigenvalue weighted by Gasteiger charge is -2.47. The zero-order valence-electron chi connectivity index (χ0n) is 21.4. The number of carbonyl (C=O) groups excluding carboxylic acids is 1. The molecule has 38 heavy (non-hydrogen) atoms. The summed E-state index contributed by atoms with van der Waals surface area (Å²) in [6.07, 6.45) is 3.60. The molecule has 0 aliphatic carbocycles. The third-order valence-corrected chi connectivity index (χ3v) is 7.49. The molecule has 0 bridgehead atoms. The number of aryl methyl sites for hydroxylation is 1. The quantitative estimate of drug-likeness (QED) is 0.375. The second-order valence-electron chi connectivity index (χ2n) is 10.1. The SMILES string of the molecule is COc1cc2c(Oc3ccc4[nH]c(C)cc4c3F)ncnc2cc1OCCC(=O)N1CCC2(CC1)COC2. The maximum Gasteiger partial charge on any atom is 0.230 e. The van der Waals surface area contributed by atoms with Crippen molar-refractivity contribution in [3.63, 3.8) is 0 Å². The molecule has 4 aromatic rings. The lowest BCUT2D eigenvalue weighted by atomic mass is 9.77. The van der Waals surface area contributed by atoms with Crippen LogP contribution in [-0.4, -0.2) is 65.8 Å². The standard InChI is InChI=1S/C28H29FN4O5/c1-17-11-18-20(32-17)3-4-22(26(18)29)38-27-19-12-23(35-2)24(13-21(19)30-16-31-27)37-10-5-25(34)33-8-6-28(7-9-33)14-36-15-28/h3-4,11-13,16,32H,5-10,14-15H2,1-2H3. The van der Waals surface area contributed by atoms with E-state index in [0.29, 0.717) is 33.3 Å². The first-order valence-corrected chi connectivity index (χ1v) is 12.7. The first-order chi connectivity index (χ1) is 18.4. The smallest absolute Gasteiger partial charge is 0.230 e. The number of hydrogen-bond acceptors (Lipinski definition) is 7. The Kier molecular flexibility index (Phi) is 6.27. The van der Waals surface area contributed by atoms with Crippen LogP contribution in [0.25, 0.3) is 21.8 Å². The van der Waals surface area contributed by atoms with Crippen LogP contribution in [0.1, 0.15) is 25.0 Å². The number of fused-ring (bicyclic) bond motifs is 2. The van der Waals surface area contributed by atoms with Crippen molar-refractivity contribution in [1.29, 1.82) is 0 Å². The van der Waals surface area contributed by atoms with E-state index in [-0.39, 0.29) is 36.0 Å². The van der Waals surface area contributed by atoms with Crippen LogP contribution in [0.4, 0.5) is 4.39 Å². The monoisotopic (exact) mass is 520 g/mol. The van der Waals surface area contributed by atoms with Gasteiger partial charge in [0.1, 0.15) is 6.33 Å². The Labute approximate surface area is 218 Å². The average Bonchev–Trinajstić information content (AvgIpc) is 3.30. The van der Waals surface area contributed by atoms with Crippen molar-refractivity contribution in [2.75, 3.05) is 40.0 Å². The Balaban J connectivity index is 1.16. The van der Waals surface area contributed by atoms with E-state index < -0.39 is 5.82 Å². The second-order valence-corrected chi connectivity index (χ2v) is 10.1. The minimum Gasteiger partial charge on any atom is -0.493 e. The molecule has 2 saturated heterocycles. The van der Waals surface area contributed by atoms with E-state index in [4.69, 9.17) is 18.9 Å². The van der Waals surface area contributed by atoms with Crippen LogP contribution < -0.4 is 14.2 Å². The summed E-state index contributed by atoms with van der Waals surface area (Å²) in [6, 6.07) is 8.47. The molecule has 4 heterocycles. The Morgan fingerprint density at radius 2 is 1.92 bits per heavy atom. The van der Waals surface area contributed by atoms with Crippen molar-refractivity contribution in [2.45, 2.75) is 26.2 Å². The maximum absolute atomic E-state index is 15.1. The number of benzene rings is 2. The van der Waals surface area contributed by atoms with Gasteiger partial charge >= 0.3 is 0 Å². The molecule has 0 radical (unpaired) electrons. The molecular formula is C28H29FN4O5. The van der Waals surface area contributed by atoms with Gasteiger partial charge < -0.3 is 28.8 Å². The van der Waals surface area contributed by atoms with Crippen LogP contribution in [0, 0.1) is 18.2 Å². The summed E-state index contributed by atoms with van der Waals surface area (Å²) in [4.78, 5) is 26.3. The van der Waals surface area contributed by atoms with E-state index in [1.165, 1.54) is 13.4 Å². The van der Waals surface area contributed by atoms with Crippen molar-refractivity contribution in [1.82, 2.24) is 19.9 Å². The van der Waals surface area contributed by atoms with Crippen molar-refractivity contribution in [2.24, 2.45) is 5.41 Å². The van der Waals surface area contributed by atoms with Gasteiger partial charge in [-0.25, -0.2) is 14.4 Å². The number of piperidine rings is 1. The molecule has 2 aromatic carbocycles. The van der Waals surface area contributed by atoms with Gasteiger partial charge in [-0.05, 0) is 44.0 Å². The van der Waals surface area contributed by atoms with E-state index in [0.717, 1.165) is 44.8 Å². The minimum atomic E-state index is -0.472. The number of nitrogens with one attached hydrogen (secondary N) is 1. The summed E-state index contributed by atoms with van der Waals surface area (Å²) in [7, 11) is 1.53. The number of amides is 1. The molecule has 1 spiro atoms. The van der Waals surface area contributed by atoms with Gasteiger partial charge in [-0.2, -0.15) is 0 Å². The topological polar surface area (TPSA) is 98.8 Å². The highest BCUT2D eigenvalue weighted by Crippen LogP contribution is 2.39. The Morgan fingerprint density at radius 3 is 2.66 bits per heavy atom. The number of methoxy groups -OCH3 is 1. The lowest BCUT2D eigenvalue weighted by molar-refractivity contribution is -0.153. The van der Waals surface area contributed by atoms with Gasteiger partial charge in [0.05, 0.1) is 44.3 Å². The molecule has 2 aliphatic rings. The molecule has 2 fully saturated rings. The first kappa shape index (κ1) is 24.4. The van der Waals surface area contributed by atoms with Crippen molar-refractivity contribution < 1.29 is 28.1 Å². The molecule has 6 rings (SSSR count). The van der Waals surface area contributed by atoms with Crippen LogP contribution in [0.15, 0.2) is 36.7 Å². The number of aromatic amines is 1. The molecule has 0 atom stereocenters. The van der Waals surface area contributed by atoms with Gasteiger partial charge in [0, 0.05) is 41.2 Å². The maximum atomic E-state index is 15.1. The molecule has 1 N–H and O–H groups in total. The van der Waals surface area contributed by atoms with Crippen LogP contribution in [0.5, 0.6) is 23.1 Å². The fourth-order valence-corrected chi connectivity index (χ4v) is 5.18. The molecule has 9 nitrogen and oxygen atoms in total. The van der Waals surface area contributed by atoms with E-state index in [9.17, 15) is 4.79 Å². The number of ether oxygens (including phenoxy) is 4. The predicted octanol–water partition coefficient (Wildman–Crippen LogP) is 4.77. The van der Waals surface area contributed by atoms with Crippen LogP contribution in [0.2, 0.25) is 0 Å². The summed E-state index contributed by atoms with van der Waals surface area (Å²) >= 11 is 0. The van der Waals surface area contributed by atoms with Gasteiger partial charge in [-0.15, -0.1) is 0 Å². The number of hydrogen-bond donors (Lipinski definition) is 1.